The molecule has 1 N–H and O–H groups in total. The Bertz CT molecular complexity index is 1320. The van der Waals surface area contributed by atoms with E-state index in [1.54, 1.807) is 11.8 Å². The van der Waals surface area contributed by atoms with Crippen molar-refractivity contribution in [3.05, 3.63) is 84.4 Å². The molecule has 4 aliphatic carbocycles. The molecule has 4 fully saturated rings. The lowest BCUT2D eigenvalue weighted by Crippen LogP contribution is -2.62. The van der Waals surface area contributed by atoms with Crippen molar-refractivity contribution < 1.29 is 14.3 Å². The van der Waals surface area contributed by atoms with Crippen molar-refractivity contribution in [3.63, 3.8) is 0 Å². The van der Waals surface area contributed by atoms with Crippen molar-refractivity contribution in [1.82, 2.24) is 5.32 Å². The van der Waals surface area contributed by atoms with E-state index >= 15 is 0 Å². The minimum absolute atomic E-state index is 0.0308. The highest BCUT2D eigenvalue weighted by atomic mass is 32.2. The topological polar surface area (TPSA) is 58.6 Å². The van der Waals surface area contributed by atoms with E-state index in [0.717, 1.165) is 65.3 Å². The Morgan fingerprint density at radius 3 is 2.22 bits per heavy atom. The van der Waals surface area contributed by atoms with Crippen LogP contribution in [-0.4, -0.2) is 24.1 Å². The van der Waals surface area contributed by atoms with Gasteiger partial charge in [-0.05, 0) is 117 Å². The number of rotatable bonds is 10. The SMILES string of the molecule is CCCC(=O)Oc1ccc(Sc2cccc(N(CCc3ccccc3)C(=O)NC34CC5CC(CC(C5)C3)C4)c2)cc1. The van der Waals surface area contributed by atoms with Crippen LogP contribution in [0.4, 0.5) is 10.5 Å². The molecule has 41 heavy (non-hydrogen) atoms. The lowest BCUT2D eigenvalue weighted by molar-refractivity contribution is -0.134. The number of hydrogen-bond donors (Lipinski definition) is 1. The monoisotopic (exact) mass is 568 g/mol. The number of nitrogens with zero attached hydrogens (tertiary/aromatic N) is 1. The van der Waals surface area contributed by atoms with Crippen LogP contribution >= 0.6 is 11.8 Å². The van der Waals surface area contributed by atoms with Crippen molar-refractivity contribution in [3.8, 4) is 5.75 Å². The number of carbonyl (C=O) groups is 2. The van der Waals surface area contributed by atoms with Crippen LogP contribution in [0.3, 0.4) is 0 Å². The highest BCUT2D eigenvalue weighted by Gasteiger charge is 2.51. The summed E-state index contributed by atoms with van der Waals surface area (Å²) in [7, 11) is 0. The fourth-order valence-electron chi connectivity index (χ4n) is 7.60. The van der Waals surface area contributed by atoms with Gasteiger partial charge in [-0.1, -0.05) is 55.1 Å². The van der Waals surface area contributed by atoms with Gasteiger partial charge in [-0.15, -0.1) is 0 Å². The van der Waals surface area contributed by atoms with Crippen LogP contribution < -0.4 is 15.0 Å². The molecule has 6 heteroatoms. The van der Waals surface area contributed by atoms with E-state index in [4.69, 9.17) is 4.74 Å². The average Bonchev–Trinajstić information content (AvgIpc) is 2.94. The number of esters is 1. The molecule has 2 amide bonds. The second-order valence-corrected chi connectivity index (χ2v) is 13.5. The summed E-state index contributed by atoms with van der Waals surface area (Å²) in [6.07, 6.45) is 9.46. The zero-order chi connectivity index (χ0) is 28.2. The molecule has 7 rings (SSSR count). The molecule has 4 aliphatic rings. The standard InChI is InChI=1S/C35H40N2O3S/c1-2-7-33(38)40-30-12-14-31(15-13-30)41-32-11-6-10-29(21-32)37(17-16-25-8-4-3-5-9-25)34(39)36-35-22-26-18-27(23-35)20-28(19-26)24-35/h3-6,8-15,21,26-28H,2,7,16-20,22-24H2,1H3,(H,36,39). The smallest absolute Gasteiger partial charge is 0.322 e. The van der Waals surface area contributed by atoms with Gasteiger partial charge >= 0.3 is 12.0 Å². The second-order valence-electron chi connectivity index (χ2n) is 12.3. The Labute approximate surface area is 248 Å². The molecule has 3 aromatic carbocycles. The quantitative estimate of drug-likeness (QED) is 0.198. The fourth-order valence-corrected chi connectivity index (χ4v) is 8.48. The summed E-state index contributed by atoms with van der Waals surface area (Å²) in [6, 6.07) is 26.3. The van der Waals surface area contributed by atoms with Crippen LogP contribution in [0.15, 0.2) is 88.7 Å². The van der Waals surface area contributed by atoms with Gasteiger partial charge in [-0.3, -0.25) is 9.69 Å². The molecule has 0 atom stereocenters. The minimum Gasteiger partial charge on any atom is -0.427 e. The molecular weight excluding hydrogens is 528 g/mol. The van der Waals surface area contributed by atoms with Gasteiger partial charge in [0.25, 0.3) is 0 Å². The first-order valence-electron chi connectivity index (χ1n) is 15.2. The van der Waals surface area contributed by atoms with Crippen molar-refractivity contribution >= 4 is 29.4 Å². The highest BCUT2D eigenvalue weighted by Crippen LogP contribution is 2.55. The summed E-state index contributed by atoms with van der Waals surface area (Å²) in [6.45, 7) is 2.58. The number of carbonyl (C=O) groups excluding carboxylic acids is 2. The zero-order valence-corrected chi connectivity index (χ0v) is 24.7. The molecule has 3 aromatic rings. The Balaban J connectivity index is 1.18. The van der Waals surface area contributed by atoms with E-state index in [0.29, 0.717) is 18.7 Å². The maximum atomic E-state index is 14.1. The first kappa shape index (κ1) is 27.9. The second kappa shape index (κ2) is 12.3. The number of nitrogens with one attached hydrogen (secondary N) is 1. The Hall–Kier alpha value is -3.25. The number of amides is 2. The molecule has 0 saturated heterocycles. The lowest BCUT2D eigenvalue weighted by atomic mass is 9.53. The number of anilines is 1. The van der Waals surface area contributed by atoms with E-state index in [-0.39, 0.29) is 17.5 Å². The van der Waals surface area contributed by atoms with E-state index in [1.165, 1.54) is 24.8 Å². The largest absolute Gasteiger partial charge is 0.427 e. The van der Waals surface area contributed by atoms with Crippen LogP contribution in [-0.2, 0) is 11.2 Å². The fraction of sp³-hybridized carbons (Fsp3) is 0.429. The van der Waals surface area contributed by atoms with Crippen LogP contribution in [0.5, 0.6) is 5.75 Å². The van der Waals surface area contributed by atoms with E-state index < -0.39 is 0 Å². The van der Waals surface area contributed by atoms with E-state index in [2.05, 4.69) is 41.7 Å². The van der Waals surface area contributed by atoms with Crippen molar-refractivity contribution in [2.24, 2.45) is 17.8 Å². The summed E-state index contributed by atoms with van der Waals surface area (Å²) in [5.74, 6) is 2.69. The van der Waals surface area contributed by atoms with Crippen LogP contribution in [0.2, 0.25) is 0 Å². The normalized spacial score (nSPS) is 24.2. The molecule has 0 spiro atoms. The van der Waals surface area contributed by atoms with Crippen molar-refractivity contribution in [2.75, 3.05) is 11.4 Å². The van der Waals surface area contributed by atoms with Gasteiger partial charge in [-0.2, -0.15) is 0 Å². The first-order valence-corrected chi connectivity index (χ1v) is 16.0. The lowest BCUT2D eigenvalue weighted by Gasteiger charge is -2.57. The van der Waals surface area contributed by atoms with Crippen molar-refractivity contribution in [2.45, 2.75) is 80.0 Å². The Kier molecular flexibility index (Phi) is 8.38. The van der Waals surface area contributed by atoms with Gasteiger partial charge in [0.1, 0.15) is 5.75 Å². The number of hydrogen-bond acceptors (Lipinski definition) is 4. The third-order valence-corrected chi connectivity index (χ3v) is 9.99. The summed E-state index contributed by atoms with van der Waals surface area (Å²) >= 11 is 1.64. The molecule has 214 valence electrons. The van der Waals surface area contributed by atoms with Crippen molar-refractivity contribution in [1.29, 1.82) is 0 Å². The summed E-state index contributed by atoms with van der Waals surface area (Å²) in [5, 5.41) is 3.60. The maximum absolute atomic E-state index is 14.1. The molecule has 0 unspecified atom stereocenters. The zero-order valence-electron chi connectivity index (χ0n) is 23.9. The minimum atomic E-state index is -0.206. The Morgan fingerprint density at radius 2 is 1.56 bits per heavy atom. The summed E-state index contributed by atoms with van der Waals surface area (Å²) < 4.78 is 5.40. The molecule has 4 bridgehead atoms. The number of urea groups is 1. The van der Waals surface area contributed by atoms with E-state index in [9.17, 15) is 9.59 Å². The molecule has 5 nitrogen and oxygen atoms in total. The molecule has 0 radical (unpaired) electrons. The predicted molar refractivity (Wildman–Crippen MR) is 164 cm³/mol. The van der Waals surface area contributed by atoms with Crippen LogP contribution in [0.25, 0.3) is 0 Å². The highest BCUT2D eigenvalue weighted by molar-refractivity contribution is 7.99. The van der Waals surface area contributed by atoms with Gasteiger partial charge < -0.3 is 10.1 Å². The first-order chi connectivity index (χ1) is 20.0. The molecule has 0 heterocycles. The number of ether oxygens (including phenoxy) is 1. The van der Waals surface area contributed by atoms with Gasteiger partial charge in [0.15, 0.2) is 0 Å². The third kappa shape index (κ3) is 6.81. The van der Waals surface area contributed by atoms with Crippen LogP contribution in [0.1, 0.15) is 63.9 Å². The average molecular weight is 569 g/mol. The van der Waals surface area contributed by atoms with Gasteiger partial charge in [-0.25, -0.2) is 4.79 Å². The predicted octanol–water partition coefficient (Wildman–Crippen LogP) is 8.27. The van der Waals surface area contributed by atoms with Gasteiger partial charge in [0, 0.05) is 34.0 Å². The molecule has 4 saturated carbocycles. The molecule has 0 aromatic heterocycles. The molecular formula is C35H40N2O3S. The Morgan fingerprint density at radius 1 is 0.878 bits per heavy atom. The summed E-state index contributed by atoms with van der Waals surface area (Å²) in [4.78, 5) is 29.9. The third-order valence-electron chi connectivity index (χ3n) is 9.00. The van der Waals surface area contributed by atoms with Gasteiger partial charge in [0.2, 0.25) is 0 Å². The summed E-state index contributed by atoms with van der Waals surface area (Å²) in [5.41, 5.74) is 2.11. The van der Waals surface area contributed by atoms with Crippen LogP contribution in [0, 0.1) is 17.8 Å². The van der Waals surface area contributed by atoms with E-state index in [1.807, 2.05) is 54.3 Å². The molecule has 0 aliphatic heterocycles. The maximum Gasteiger partial charge on any atom is 0.322 e. The van der Waals surface area contributed by atoms with Gasteiger partial charge in [0.05, 0.1) is 0 Å². The number of benzene rings is 3.